The van der Waals surface area contributed by atoms with E-state index in [0.29, 0.717) is 17.0 Å². The number of hydrogen-bond acceptors (Lipinski definition) is 4. The lowest BCUT2D eigenvalue weighted by Crippen LogP contribution is -2.40. The van der Waals surface area contributed by atoms with Gasteiger partial charge in [0.1, 0.15) is 5.75 Å². The van der Waals surface area contributed by atoms with Crippen LogP contribution < -0.4 is 9.47 Å². The first kappa shape index (κ1) is 18.1. The summed E-state index contributed by atoms with van der Waals surface area (Å²) in [4.78, 5) is 15.3. The first-order valence-electron chi connectivity index (χ1n) is 7.23. The Bertz CT molecular complexity index is 894. The van der Waals surface area contributed by atoms with Crippen LogP contribution in [0, 0.1) is 0 Å². The molecule has 2 heterocycles. The number of carboxylic acid groups (broad SMARTS) is 1. The Labute approximate surface area is 150 Å². The Hall–Kier alpha value is -2.74. The van der Waals surface area contributed by atoms with Gasteiger partial charge in [0.05, 0.1) is 17.7 Å². The molecule has 0 aliphatic carbocycles. The number of hydrogen-bond donors (Lipinski definition) is 1. The average molecular weight is 386 g/mol. The number of carbonyl (C=O) groups is 1. The zero-order valence-corrected chi connectivity index (χ0v) is 13.9. The molecule has 0 saturated carbocycles. The number of aliphatic carboxylic acids is 1. The molecule has 1 atom stereocenters. The van der Waals surface area contributed by atoms with Crippen LogP contribution in [0.5, 0.6) is 11.6 Å². The summed E-state index contributed by atoms with van der Waals surface area (Å²) >= 11 is 6.08. The van der Waals surface area contributed by atoms with Crippen LogP contribution in [0.4, 0.5) is 13.2 Å². The Kier molecular flexibility index (Phi) is 4.53. The SMILES string of the molecule is COc1ccc(-c2cc(Cl)c3c(c2)C=C(C(=O)O)C(C(F)(F)F)O3)cn1. The first-order valence-corrected chi connectivity index (χ1v) is 7.60. The van der Waals surface area contributed by atoms with Gasteiger partial charge in [0, 0.05) is 23.4 Å². The second-order valence-corrected chi connectivity index (χ2v) is 5.82. The summed E-state index contributed by atoms with van der Waals surface area (Å²) in [6, 6.07) is 6.21. The van der Waals surface area contributed by atoms with Crippen LogP contribution in [0.2, 0.25) is 5.02 Å². The van der Waals surface area contributed by atoms with Crippen molar-refractivity contribution in [2.75, 3.05) is 7.11 Å². The third-order valence-electron chi connectivity index (χ3n) is 3.72. The van der Waals surface area contributed by atoms with E-state index in [0.717, 1.165) is 6.08 Å². The van der Waals surface area contributed by atoms with E-state index in [1.807, 2.05) is 0 Å². The number of benzene rings is 1. The normalized spacial score (nSPS) is 16.3. The van der Waals surface area contributed by atoms with Crippen LogP contribution in [0.1, 0.15) is 5.56 Å². The largest absolute Gasteiger partial charge is 0.481 e. The molecule has 1 aliphatic rings. The Morgan fingerprint density at radius 3 is 2.58 bits per heavy atom. The van der Waals surface area contributed by atoms with Gasteiger partial charge in [0.15, 0.2) is 0 Å². The van der Waals surface area contributed by atoms with Crippen LogP contribution in [0.3, 0.4) is 0 Å². The quantitative estimate of drug-likeness (QED) is 0.857. The molecule has 1 unspecified atom stereocenters. The Morgan fingerprint density at radius 1 is 1.31 bits per heavy atom. The average Bonchev–Trinajstić information content (AvgIpc) is 2.59. The monoisotopic (exact) mass is 385 g/mol. The van der Waals surface area contributed by atoms with Gasteiger partial charge in [-0.1, -0.05) is 11.6 Å². The minimum atomic E-state index is -4.89. The highest BCUT2D eigenvalue weighted by Crippen LogP contribution is 2.43. The minimum absolute atomic E-state index is 0.0664. The molecule has 136 valence electrons. The van der Waals surface area contributed by atoms with Crippen molar-refractivity contribution in [2.45, 2.75) is 12.3 Å². The summed E-state index contributed by atoms with van der Waals surface area (Å²) in [6.07, 6.45) is -5.05. The third-order valence-corrected chi connectivity index (χ3v) is 4.01. The molecular weight excluding hydrogens is 375 g/mol. The van der Waals surface area contributed by atoms with E-state index in [1.54, 1.807) is 12.1 Å². The molecule has 26 heavy (non-hydrogen) atoms. The van der Waals surface area contributed by atoms with Crippen molar-refractivity contribution in [1.82, 2.24) is 4.98 Å². The fraction of sp³-hybridized carbons (Fsp3) is 0.176. The van der Waals surface area contributed by atoms with Crippen molar-refractivity contribution in [2.24, 2.45) is 0 Å². The summed E-state index contributed by atoms with van der Waals surface area (Å²) in [6.45, 7) is 0. The fourth-order valence-corrected chi connectivity index (χ4v) is 2.80. The molecular formula is C17H11ClF3NO4. The van der Waals surface area contributed by atoms with Crippen LogP contribution in [0.25, 0.3) is 17.2 Å². The lowest BCUT2D eigenvalue weighted by Gasteiger charge is -2.28. The van der Waals surface area contributed by atoms with Gasteiger partial charge in [-0.15, -0.1) is 0 Å². The molecule has 1 aromatic carbocycles. The van der Waals surface area contributed by atoms with E-state index in [9.17, 15) is 18.0 Å². The van der Waals surface area contributed by atoms with Crippen LogP contribution in [0.15, 0.2) is 36.0 Å². The highest BCUT2D eigenvalue weighted by molar-refractivity contribution is 6.32. The predicted octanol–water partition coefficient (Wildman–Crippen LogP) is 4.20. The molecule has 5 nitrogen and oxygen atoms in total. The molecule has 3 rings (SSSR count). The lowest BCUT2D eigenvalue weighted by atomic mass is 9.97. The van der Waals surface area contributed by atoms with Crippen molar-refractivity contribution >= 4 is 23.6 Å². The number of rotatable bonds is 3. The molecule has 0 spiro atoms. The van der Waals surface area contributed by atoms with Crippen molar-refractivity contribution < 1.29 is 32.5 Å². The van der Waals surface area contributed by atoms with E-state index >= 15 is 0 Å². The van der Waals surface area contributed by atoms with E-state index in [2.05, 4.69) is 4.98 Å². The summed E-state index contributed by atoms with van der Waals surface area (Å²) in [5.74, 6) is -1.54. The van der Waals surface area contributed by atoms with E-state index in [-0.39, 0.29) is 16.3 Å². The summed E-state index contributed by atoms with van der Waals surface area (Å²) in [7, 11) is 1.46. The number of methoxy groups -OCH3 is 1. The molecule has 0 bridgehead atoms. The van der Waals surface area contributed by atoms with Gasteiger partial charge < -0.3 is 14.6 Å². The Morgan fingerprint density at radius 2 is 2.04 bits per heavy atom. The van der Waals surface area contributed by atoms with Crippen LogP contribution >= 0.6 is 11.6 Å². The smallest absolute Gasteiger partial charge is 0.430 e. The summed E-state index contributed by atoms with van der Waals surface area (Å²) in [5, 5.41) is 9.04. The number of halogens is 4. The number of carboxylic acids is 1. The van der Waals surface area contributed by atoms with Gasteiger partial charge in [-0.2, -0.15) is 13.2 Å². The molecule has 1 aromatic heterocycles. The zero-order chi connectivity index (χ0) is 19.1. The zero-order valence-electron chi connectivity index (χ0n) is 13.2. The van der Waals surface area contributed by atoms with Gasteiger partial charge in [-0.05, 0) is 29.8 Å². The highest BCUT2D eigenvalue weighted by Gasteiger charge is 2.48. The first-order chi connectivity index (χ1) is 12.2. The van der Waals surface area contributed by atoms with Gasteiger partial charge in [0.25, 0.3) is 0 Å². The number of fused-ring (bicyclic) bond motifs is 1. The minimum Gasteiger partial charge on any atom is -0.481 e. The van der Waals surface area contributed by atoms with Gasteiger partial charge >= 0.3 is 12.1 Å². The van der Waals surface area contributed by atoms with Gasteiger partial charge in [-0.3, -0.25) is 0 Å². The Balaban J connectivity index is 2.10. The summed E-state index contributed by atoms with van der Waals surface area (Å²) in [5.41, 5.74) is 0.393. The van der Waals surface area contributed by atoms with Crippen molar-refractivity contribution in [3.05, 3.63) is 46.6 Å². The molecule has 1 aliphatic heterocycles. The maximum Gasteiger partial charge on any atom is 0.430 e. The molecule has 9 heteroatoms. The van der Waals surface area contributed by atoms with Gasteiger partial charge in [-0.25, -0.2) is 9.78 Å². The van der Waals surface area contributed by atoms with Crippen molar-refractivity contribution in [1.29, 1.82) is 0 Å². The van der Waals surface area contributed by atoms with Crippen LogP contribution in [-0.4, -0.2) is 35.4 Å². The number of pyridine rings is 1. The predicted molar refractivity (Wildman–Crippen MR) is 87.3 cm³/mol. The number of ether oxygens (including phenoxy) is 2. The van der Waals surface area contributed by atoms with E-state index < -0.39 is 23.8 Å². The maximum absolute atomic E-state index is 13.1. The molecule has 0 fully saturated rings. The van der Waals surface area contributed by atoms with E-state index in [4.69, 9.17) is 26.2 Å². The second kappa shape index (κ2) is 6.53. The third kappa shape index (κ3) is 3.32. The highest BCUT2D eigenvalue weighted by atomic mass is 35.5. The second-order valence-electron chi connectivity index (χ2n) is 5.41. The lowest BCUT2D eigenvalue weighted by molar-refractivity contribution is -0.187. The fourth-order valence-electron chi connectivity index (χ4n) is 2.53. The van der Waals surface area contributed by atoms with E-state index in [1.165, 1.54) is 25.4 Å². The molecule has 0 amide bonds. The molecule has 1 N–H and O–H groups in total. The number of alkyl halides is 3. The number of aromatic nitrogens is 1. The molecule has 2 aromatic rings. The van der Waals surface area contributed by atoms with Crippen molar-refractivity contribution in [3.8, 4) is 22.8 Å². The molecule has 0 radical (unpaired) electrons. The topological polar surface area (TPSA) is 68.7 Å². The standard InChI is InChI=1S/C17H11ClF3NO4/c1-25-13-3-2-8(7-22-13)9-4-10-5-11(16(23)24)15(17(19,20)21)26-14(10)12(18)6-9/h2-7,15H,1H3,(H,23,24). The van der Waals surface area contributed by atoms with Crippen molar-refractivity contribution in [3.63, 3.8) is 0 Å². The summed E-state index contributed by atoms with van der Waals surface area (Å²) < 4.78 is 49.2. The maximum atomic E-state index is 13.1. The molecule has 0 saturated heterocycles. The number of nitrogens with zero attached hydrogens (tertiary/aromatic N) is 1. The van der Waals surface area contributed by atoms with Gasteiger partial charge in [0.2, 0.25) is 12.0 Å². The van der Waals surface area contributed by atoms with Crippen LogP contribution in [-0.2, 0) is 4.79 Å².